The first-order valence-electron chi connectivity index (χ1n) is 9.13. The van der Waals surface area contributed by atoms with Crippen LogP contribution in [-0.4, -0.2) is 21.4 Å². The first-order valence-corrected chi connectivity index (χ1v) is 9.13. The molecular formula is C22H19N3O2. The minimum atomic E-state index is -0.0480. The number of hydrogen-bond acceptors (Lipinski definition) is 4. The minimum Gasteiger partial charge on any atom is -0.460 e. The van der Waals surface area contributed by atoms with Crippen LogP contribution >= 0.6 is 0 Å². The number of aromatic nitrogens is 2. The van der Waals surface area contributed by atoms with Crippen molar-refractivity contribution in [2.45, 2.75) is 19.5 Å². The van der Waals surface area contributed by atoms with Crippen molar-refractivity contribution in [2.24, 2.45) is 0 Å². The summed E-state index contributed by atoms with van der Waals surface area (Å²) in [6, 6.07) is 19.9. The molecule has 3 heterocycles. The Morgan fingerprint density at radius 2 is 1.89 bits per heavy atom. The van der Waals surface area contributed by atoms with Crippen molar-refractivity contribution in [2.75, 3.05) is 6.54 Å². The second kappa shape index (κ2) is 6.52. The first kappa shape index (κ1) is 16.0. The molecule has 0 aliphatic carbocycles. The molecule has 2 aromatic heterocycles. The van der Waals surface area contributed by atoms with Crippen LogP contribution < -0.4 is 5.56 Å². The number of rotatable bonds is 3. The van der Waals surface area contributed by atoms with Crippen molar-refractivity contribution in [1.82, 2.24) is 14.9 Å². The number of nitrogens with one attached hydrogen (secondary N) is 1. The van der Waals surface area contributed by atoms with Crippen molar-refractivity contribution in [3.63, 3.8) is 0 Å². The molecule has 0 atom stereocenters. The van der Waals surface area contributed by atoms with Gasteiger partial charge in [-0.3, -0.25) is 9.69 Å². The molecule has 0 saturated carbocycles. The summed E-state index contributed by atoms with van der Waals surface area (Å²) in [6.07, 6.45) is 0.763. The predicted octanol–water partition coefficient (Wildman–Crippen LogP) is 3.74. The average Bonchev–Trinajstić information content (AvgIpc) is 3.11. The Morgan fingerprint density at radius 3 is 2.74 bits per heavy atom. The molecule has 0 fully saturated rings. The van der Waals surface area contributed by atoms with Crippen LogP contribution in [-0.2, 0) is 19.5 Å². The molecule has 0 bridgehead atoms. The van der Waals surface area contributed by atoms with E-state index in [9.17, 15) is 4.79 Å². The van der Waals surface area contributed by atoms with Gasteiger partial charge in [0.15, 0.2) is 0 Å². The van der Waals surface area contributed by atoms with E-state index < -0.39 is 0 Å². The topological polar surface area (TPSA) is 62.1 Å². The highest BCUT2D eigenvalue weighted by Crippen LogP contribution is 2.23. The molecule has 0 radical (unpaired) electrons. The van der Waals surface area contributed by atoms with Gasteiger partial charge in [-0.1, -0.05) is 48.5 Å². The Bertz CT molecular complexity index is 1130. The second-order valence-corrected chi connectivity index (χ2v) is 6.92. The molecule has 1 N–H and O–H groups in total. The molecule has 27 heavy (non-hydrogen) atoms. The lowest BCUT2D eigenvalue weighted by Gasteiger charge is -2.26. The Labute approximate surface area is 156 Å². The van der Waals surface area contributed by atoms with E-state index in [2.05, 4.69) is 16.0 Å². The molecule has 0 unspecified atom stereocenters. The highest BCUT2D eigenvalue weighted by Gasteiger charge is 2.22. The van der Waals surface area contributed by atoms with Crippen molar-refractivity contribution < 1.29 is 4.42 Å². The number of hydrogen-bond donors (Lipinski definition) is 1. The average molecular weight is 357 g/mol. The van der Waals surface area contributed by atoms with Crippen molar-refractivity contribution in [3.8, 4) is 11.4 Å². The second-order valence-electron chi connectivity index (χ2n) is 6.92. The van der Waals surface area contributed by atoms with Crippen LogP contribution in [0.3, 0.4) is 0 Å². The summed E-state index contributed by atoms with van der Waals surface area (Å²) in [6.45, 7) is 2.13. The summed E-state index contributed by atoms with van der Waals surface area (Å²) in [7, 11) is 0. The van der Waals surface area contributed by atoms with Gasteiger partial charge in [0.2, 0.25) is 0 Å². The van der Waals surface area contributed by atoms with E-state index in [0.29, 0.717) is 18.9 Å². The molecule has 5 nitrogen and oxygen atoms in total. The number of fused-ring (bicyclic) bond motifs is 2. The van der Waals surface area contributed by atoms with Gasteiger partial charge in [0.05, 0.1) is 17.8 Å². The van der Waals surface area contributed by atoms with Gasteiger partial charge in [0.25, 0.3) is 5.56 Å². The summed E-state index contributed by atoms with van der Waals surface area (Å²) >= 11 is 0. The zero-order valence-corrected chi connectivity index (χ0v) is 14.8. The summed E-state index contributed by atoms with van der Waals surface area (Å²) in [4.78, 5) is 22.5. The van der Waals surface area contributed by atoms with Gasteiger partial charge >= 0.3 is 0 Å². The number of aromatic amines is 1. The van der Waals surface area contributed by atoms with E-state index in [1.165, 1.54) is 0 Å². The molecule has 1 aliphatic rings. The lowest BCUT2D eigenvalue weighted by atomic mass is 10.1. The van der Waals surface area contributed by atoms with Crippen molar-refractivity contribution >= 4 is 11.0 Å². The summed E-state index contributed by atoms with van der Waals surface area (Å²) in [5.74, 6) is 1.56. The van der Waals surface area contributed by atoms with Gasteiger partial charge in [0, 0.05) is 30.5 Å². The number of para-hydroxylation sites is 1. The third-order valence-corrected chi connectivity index (χ3v) is 5.05. The number of benzene rings is 2. The van der Waals surface area contributed by atoms with Crippen molar-refractivity contribution in [3.05, 3.63) is 88.0 Å². The Hall–Kier alpha value is -3.18. The Balaban J connectivity index is 1.40. The van der Waals surface area contributed by atoms with Gasteiger partial charge in [0.1, 0.15) is 17.2 Å². The number of furan rings is 1. The third-order valence-electron chi connectivity index (χ3n) is 5.05. The van der Waals surface area contributed by atoms with E-state index in [4.69, 9.17) is 9.40 Å². The highest BCUT2D eigenvalue weighted by molar-refractivity contribution is 5.77. The fourth-order valence-corrected chi connectivity index (χ4v) is 3.68. The molecule has 4 aromatic rings. The van der Waals surface area contributed by atoms with Gasteiger partial charge in [-0.25, -0.2) is 4.98 Å². The summed E-state index contributed by atoms with van der Waals surface area (Å²) in [5, 5.41) is 1.11. The lowest BCUT2D eigenvalue weighted by Crippen LogP contribution is -2.35. The highest BCUT2D eigenvalue weighted by atomic mass is 16.3. The Morgan fingerprint density at radius 1 is 1.07 bits per heavy atom. The van der Waals surface area contributed by atoms with Crippen LogP contribution in [0.2, 0.25) is 0 Å². The van der Waals surface area contributed by atoms with Gasteiger partial charge in [-0.05, 0) is 12.1 Å². The predicted molar refractivity (Wildman–Crippen MR) is 104 cm³/mol. The van der Waals surface area contributed by atoms with Gasteiger partial charge in [-0.15, -0.1) is 0 Å². The molecule has 134 valence electrons. The smallest absolute Gasteiger partial charge is 0.255 e. The lowest BCUT2D eigenvalue weighted by molar-refractivity contribution is 0.224. The number of nitrogens with zero attached hydrogens (tertiary/aromatic N) is 2. The van der Waals surface area contributed by atoms with E-state index in [1.807, 2.05) is 54.6 Å². The SMILES string of the molecule is O=c1[nH]c(-c2ccccc2)nc2c1CN(Cc1cc3ccccc3o1)CC2. The zero-order valence-electron chi connectivity index (χ0n) is 14.8. The standard InChI is InChI=1S/C22H19N3O2/c26-22-18-14-25(13-17-12-16-8-4-5-9-20(16)27-17)11-10-19(18)23-21(24-22)15-6-2-1-3-7-15/h1-9,12H,10-11,13-14H2,(H,23,24,26). The van der Waals surface area contributed by atoms with E-state index >= 15 is 0 Å². The maximum atomic E-state index is 12.7. The number of H-pyrrole nitrogens is 1. The zero-order chi connectivity index (χ0) is 18.2. The van der Waals surface area contributed by atoms with Crippen LogP contribution in [0, 0.1) is 0 Å². The molecule has 0 spiro atoms. The molecule has 0 saturated heterocycles. The molecule has 0 amide bonds. The van der Waals surface area contributed by atoms with Crippen LogP contribution in [0.1, 0.15) is 17.0 Å². The van der Waals surface area contributed by atoms with E-state index in [0.717, 1.165) is 46.5 Å². The van der Waals surface area contributed by atoms with Crippen molar-refractivity contribution in [1.29, 1.82) is 0 Å². The summed E-state index contributed by atoms with van der Waals surface area (Å²) < 4.78 is 5.92. The third kappa shape index (κ3) is 3.06. The Kier molecular flexibility index (Phi) is 3.87. The molecular weight excluding hydrogens is 338 g/mol. The van der Waals surface area contributed by atoms with Gasteiger partial charge in [-0.2, -0.15) is 0 Å². The quantitative estimate of drug-likeness (QED) is 0.607. The summed E-state index contributed by atoms with van der Waals surface area (Å²) in [5.41, 5.74) is 3.45. The maximum absolute atomic E-state index is 12.7. The molecule has 1 aliphatic heterocycles. The van der Waals surface area contributed by atoms with E-state index in [-0.39, 0.29) is 5.56 Å². The first-order chi connectivity index (χ1) is 13.3. The maximum Gasteiger partial charge on any atom is 0.255 e. The fourth-order valence-electron chi connectivity index (χ4n) is 3.68. The van der Waals surface area contributed by atoms with Crippen LogP contribution in [0.4, 0.5) is 0 Å². The largest absolute Gasteiger partial charge is 0.460 e. The minimum absolute atomic E-state index is 0.0480. The molecule has 5 rings (SSSR count). The van der Waals surface area contributed by atoms with Crippen LogP contribution in [0.5, 0.6) is 0 Å². The van der Waals surface area contributed by atoms with E-state index in [1.54, 1.807) is 0 Å². The van der Waals surface area contributed by atoms with Crippen LogP contribution in [0.25, 0.3) is 22.4 Å². The normalized spacial score (nSPS) is 14.4. The monoisotopic (exact) mass is 357 g/mol. The molecule has 5 heteroatoms. The molecule has 2 aromatic carbocycles. The fraction of sp³-hybridized carbons (Fsp3) is 0.182. The van der Waals surface area contributed by atoms with Crippen LogP contribution in [0.15, 0.2) is 69.9 Å². The van der Waals surface area contributed by atoms with Gasteiger partial charge < -0.3 is 9.40 Å².